The Morgan fingerprint density at radius 1 is 1.14 bits per heavy atom. The third kappa shape index (κ3) is 5.79. The smallest absolute Gasteiger partial charge is 0.191 e. The van der Waals surface area contributed by atoms with E-state index in [1.807, 2.05) is 30.0 Å². The number of likely N-dealkylation sites (tertiary alicyclic amines) is 1. The molecular formula is C22H35N7. The minimum Gasteiger partial charge on any atom is -0.357 e. The van der Waals surface area contributed by atoms with E-state index in [-0.39, 0.29) is 5.54 Å². The van der Waals surface area contributed by atoms with Gasteiger partial charge < -0.3 is 10.6 Å². The molecule has 0 aliphatic carbocycles. The zero-order chi connectivity index (χ0) is 20.7. The van der Waals surface area contributed by atoms with Crippen molar-refractivity contribution >= 4 is 5.96 Å². The van der Waals surface area contributed by atoms with Crippen LogP contribution in [0.4, 0.5) is 0 Å². The van der Waals surface area contributed by atoms with Gasteiger partial charge in [-0.3, -0.25) is 9.47 Å². The number of aromatic nitrogens is 3. The number of piperidine rings is 1. The molecule has 0 bridgehead atoms. The molecule has 0 atom stereocenters. The maximum Gasteiger partial charge on any atom is 0.191 e. The third-order valence-corrected chi connectivity index (χ3v) is 5.55. The van der Waals surface area contributed by atoms with Crippen molar-refractivity contribution in [3.63, 3.8) is 0 Å². The van der Waals surface area contributed by atoms with Crippen molar-refractivity contribution in [2.75, 3.05) is 26.2 Å². The average Bonchev–Trinajstić information content (AvgIpc) is 3.17. The maximum atomic E-state index is 4.76. The number of aliphatic imine (C=N–C) groups is 1. The molecule has 2 N–H and O–H groups in total. The normalized spacial score (nSPS) is 16.1. The zero-order valence-corrected chi connectivity index (χ0v) is 18.3. The highest BCUT2D eigenvalue weighted by atomic mass is 15.2. The van der Waals surface area contributed by atoms with Crippen LogP contribution in [-0.4, -0.2) is 57.1 Å². The van der Waals surface area contributed by atoms with Crippen LogP contribution < -0.4 is 10.6 Å². The molecule has 0 saturated carbocycles. The van der Waals surface area contributed by atoms with Gasteiger partial charge >= 0.3 is 0 Å². The number of hydrogen-bond acceptors (Lipinski definition) is 4. The number of rotatable bonds is 7. The minimum atomic E-state index is 0.114. The Kier molecular flexibility index (Phi) is 7.25. The average molecular weight is 398 g/mol. The van der Waals surface area contributed by atoms with Gasteiger partial charge in [-0.1, -0.05) is 12.5 Å². The van der Waals surface area contributed by atoms with Crippen molar-refractivity contribution in [3.05, 3.63) is 42.1 Å². The van der Waals surface area contributed by atoms with Crippen LogP contribution in [0, 0.1) is 6.92 Å². The number of pyridine rings is 1. The standard InChI is InChI=1S/C22H35N7/c1-5-23-21(27-17-22(3,4)28-12-7-6-8-13-28)26-16-19-9-10-20(25-15-19)29-14-11-24-18(29)2/h9-11,14-15H,5-8,12-13,16-17H2,1-4H3,(H2,23,26,27). The summed E-state index contributed by atoms with van der Waals surface area (Å²) < 4.78 is 1.97. The lowest BCUT2D eigenvalue weighted by Crippen LogP contribution is -2.54. The van der Waals surface area contributed by atoms with Gasteiger partial charge in [0.1, 0.15) is 11.6 Å². The molecule has 0 spiro atoms. The van der Waals surface area contributed by atoms with Crippen molar-refractivity contribution in [1.82, 2.24) is 30.1 Å². The molecule has 1 fully saturated rings. The first-order valence-electron chi connectivity index (χ1n) is 10.7. The van der Waals surface area contributed by atoms with Gasteiger partial charge in [-0.2, -0.15) is 0 Å². The fourth-order valence-electron chi connectivity index (χ4n) is 3.70. The Hall–Kier alpha value is -2.41. The Balaban J connectivity index is 1.59. The van der Waals surface area contributed by atoms with Crippen molar-refractivity contribution in [3.8, 4) is 5.82 Å². The summed E-state index contributed by atoms with van der Waals surface area (Å²) in [5.74, 6) is 2.66. The van der Waals surface area contributed by atoms with Crippen molar-refractivity contribution in [1.29, 1.82) is 0 Å². The van der Waals surface area contributed by atoms with Crippen molar-refractivity contribution < 1.29 is 0 Å². The quantitative estimate of drug-likeness (QED) is 0.555. The lowest BCUT2D eigenvalue weighted by molar-refractivity contribution is 0.0982. The lowest BCUT2D eigenvalue weighted by Gasteiger charge is -2.41. The summed E-state index contributed by atoms with van der Waals surface area (Å²) in [4.78, 5) is 16.2. The second kappa shape index (κ2) is 9.87. The van der Waals surface area contributed by atoms with Gasteiger partial charge in [0.25, 0.3) is 0 Å². The summed E-state index contributed by atoms with van der Waals surface area (Å²) in [5, 5.41) is 6.89. The van der Waals surface area contributed by atoms with Gasteiger partial charge in [-0.15, -0.1) is 0 Å². The van der Waals surface area contributed by atoms with Crippen LogP contribution in [-0.2, 0) is 6.54 Å². The molecule has 3 rings (SSSR count). The molecule has 0 unspecified atom stereocenters. The van der Waals surface area contributed by atoms with Crippen LogP contribution in [0.25, 0.3) is 5.82 Å². The summed E-state index contributed by atoms with van der Waals surface area (Å²) in [7, 11) is 0. The van der Waals surface area contributed by atoms with Gasteiger partial charge in [-0.25, -0.2) is 15.0 Å². The van der Waals surface area contributed by atoms with Crippen LogP contribution in [0.1, 0.15) is 51.4 Å². The molecule has 7 heteroatoms. The highest BCUT2D eigenvalue weighted by Crippen LogP contribution is 2.19. The molecule has 0 amide bonds. The largest absolute Gasteiger partial charge is 0.357 e. The summed E-state index contributed by atoms with van der Waals surface area (Å²) in [6.07, 6.45) is 9.57. The summed E-state index contributed by atoms with van der Waals surface area (Å²) in [6.45, 7) is 13.4. The van der Waals surface area contributed by atoms with Crippen LogP contribution in [0.15, 0.2) is 35.7 Å². The maximum absolute atomic E-state index is 4.76. The number of aryl methyl sites for hydroxylation is 1. The molecule has 1 aliphatic rings. The van der Waals surface area contributed by atoms with Crippen LogP contribution in [0.2, 0.25) is 0 Å². The number of imidazole rings is 1. The van der Waals surface area contributed by atoms with Gasteiger partial charge in [-0.05, 0) is 65.3 Å². The van der Waals surface area contributed by atoms with Crippen molar-refractivity contribution in [2.45, 2.75) is 59.0 Å². The van der Waals surface area contributed by atoms with Gasteiger partial charge in [0.05, 0.1) is 6.54 Å². The van der Waals surface area contributed by atoms with Crippen LogP contribution >= 0.6 is 0 Å². The van der Waals surface area contributed by atoms with E-state index in [2.05, 4.69) is 52.3 Å². The number of nitrogens with one attached hydrogen (secondary N) is 2. The first-order chi connectivity index (χ1) is 14.0. The van der Waals surface area contributed by atoms with Crippen LogP contribution in [0.3, 0.4) is 0 Å². The Morgan fingerprint density at radius 2 is 1.93 bits per heavy atom. The first-order valence-corrected chi connectivity index (χ1v) is 10.7. The molecule has 2 aromatic heterocycles. The molecule has 1 saturated heterocycles. The van der Waals surface area contributed by atoms with E-state index >= 15 is 0 Å². The van der Waals surface area contributed by atoms with E-state index in [1.165, 1.54) is 32.4 Å². The minimum absolute atomic E-state index is 0.114. The van der Waals surface area contributed by atoms with Crippen LogP contribution in [0.5, 0.6) is 0 Å². The lowest BCUT2D eigenvalue weighted by atomic mass is 9.98. The fraction of sp³-hybridized carbons (Fsp3) is 0.591. The zero-order valence-electron chi connectivity index (χ0n) is 18.3. The molecule has 0 aromatic carbocycles. The molecule has 29 heavy (non-hydrogen) atoms. The molecule has 1 aliphatic heterocycles. The number of nitrogens with zero attached hydrogens (tertiary/aromatic N) is 5. The Bertz CT molecular complexity index is 786. The molecular weight excluding hydrogens is 362 g/mol. The monoisotopic (exact) mass is 397 g/mol. The molecule has 158 valence electrons. The third-order valence-electron chi connectivity index (χ3n) is 5.55. The van der Waals surface area contributed by atoms with E-state index in [1.54, 1.807) is 6.20 Å². The van der Waals surface area contributed by atoms with E-state index in [4.69, 9.17) is 4.99 Å². The van der Waals surface area contributed by atoms with E-state index in [9.17, 15) is 0 Å². The molecule has 3 heterocycles. The van der Waals surface area contributed by atoms with Crippen molar-refractivity contribution in [2.24, 2.45) is 4.99 Å². The topological polar surface area (TPSA) is 70.4 Å². The highest BCUT2D eigenvalue weighted by Gasteiger charge is 2.27. The SMILES string of the molecule is CCNC(=NCc1ccc(-n2ccnc2C)nc1)NCC(C)(C)N1CCCCC1. The first kappa shape index (κ1) is 21.3. The van der Waals surface area contributed by atoms with Gasteiger partial charge in [0.15, 0.2) is 5.96 Å². The highest BCUT2D eigenvalue weighted by molar-refractivity contribution is 5.79. The number of guanidine groups is 1. The molecule has 0 radical (unpaired) electrons. The second-order valence-electron chi connectivity index (χ2n) is 8.28. The predicted octanol–water partition coefficient (Wildman–Crippen LogP) is 2.90. The second-order valence-corrected chi connectivity index (χ2v) is 8.28. The summed E-state index contributed by atoms with van der Waals surface area (Å²) in [6, 6.07) is 4.09. The molecule has 2 aromatic rings. The van der Waals surface area contributed by atoms with E-state index in [0.717, 1.165) is 36.3 Å². The number of hydrogen-bond donors (Lipinski definition) is 2. The van der Waals surface area contributed by atoms with Gasteiger partial charge in [0, 0.05) is 37.2 Å². The fourth-order valence-corrected chi connectivity index (χ4v) is 3.70. The Labute approximate surface area is 174 Å². The van der Waals surface area contributed by atoms with Gasteiger partial charge in [0.2, 0.25) is 0 Å². The summed E-state index contributed by atoms with van der Waals surface area (Å²) in [5.41, 5.74) is 1.20. The Morgan fingerprint density at radius 3 is 2.55 bits per heavy atom. The molecule has 7 nitrogen and oxygen atoms in total. The van der Waals surface area contributed by atoms with E-state index in [0.29, 0.717) is 6.54 Å². The predicted molar refractivity (Wildman–Crippen MR) is 118 cm³/mol. The summed E-state index contributed by atoms with van der Waals surface area (Å²) >= 11 is 0. The van der Waals surface area contributed by atoms with E-state index < -0.39 is 0 Å².